The molecule has 0 aromatic heterocycles. The number of aliphatic hydroxyl groups excluding tert-OH is 1. The highest BCUT2D eigenvalue weighted by atomic mass is 79.9. The molecule has 280 valence electrons. The normalized spacial score (nSPS) is 26.1. The van der Waals surface area contributed by atoms with Crippen molar-refractivity contribution in [2.24, 2.45) is 17.8 Å². The Morgan fingerprint density at radius 3 is 2.49 bits per heavy atom. The van der Waals surface area contributed by atoms with Gasteiger partial charge in [-0.3, -0.25) is 19.2 Å². The Hall–Kier alpha value is -4.32. The number of aliphatic hydroxyl groups is 1. The highest BCUT2D eigenvalue weighted by Gasteiger charge is 2.77. The predicted octanol–water partition coefficient (Wildman–Crippen LogP) is 5.88. The van der Waals surface area contributed by atoms with E-state index in [4.69, 9.17) is 9.47 Å². The number of fused-ring (bicyclic) bond motifs is 2. The van der Waals surface area contributed by atoms with Gasteiger partial charge in [0.05, 0.1) is 37.1 Å². The number of amides is 3. The minimum Gasteiger partial charge on any atom is -0.455 e. The van der Waals surface area contributed by atoms with Crippen LogP contribution < -0.4 is 10.2 Å². The number of rotatable bonds is 16. The number of nitrogens with zero attached hydrogens (tertiary/aromatic N) is 2. The van der Waals surface area contributed by atoms with E-state index in [0.29, 0.717) is 30.5 Å². The third kappa shape index (κ3) is 7.18. The van der Waals surface area contributed by atoms with Crippen molar-refractivity contribution >= 4 is 56.1 Å². The van der Waals surface area contributed by atoms with Crippen molar-refractivity contribution in [3.8, 4) is 0 Å². The third-order valence-corrected chi connectivity index (χ3v) is 12.0. The molecule has 3 amide bonds. The summed E-state index contributed by atoms with van der Waals surface area (Å²) in [6.07, 6.45) is 3.40. The number of hydrogen-bond acceptors (Lipinski definition) is 7. The summed E-state index contributed by atoms with van der Waals surface area (Å²) in [5.74, 6) is -3.91. The number of ether oxygens (including phenoxy) is 2. The molecule has 3 aromatic carbocycles. The maximum absolute atomic E-state index is 15.2. The molecule has 11 heteroatoms. The average Bonchev–Trinajstić information content (AvgIpc) is 3.77. The molecule has 1 spiro atoms. The highest BCUT2D eigenvalue weighted by Crippen LogP contribution is 2.61. The molecule has 6 rings (SSSR count). The van der Waals surface area contributed by atoms with Crippen LogP contribution in [0.15, 0.2) is 98.1 Å². The first kappa shape index (κ1) is 38.4. The zero-order chi connectivity index (χ0) is 37.9. The molecule has 53 heavy (non-hydrogen) atoms. The molecule has 3 heterocycles. The van der Waals surface area contributed by atoms with Gasteiger partial charge in [-0.05, 0) is 47.2 Å². The van der Waals surface area contributed by atoms with Crippen molar-refractivity contribution < 1.29 is 33.8 Å². The number of carbonyl (C=O) groups excluding carboxylic acids is 4. The van der Waals surface area contributed by atoms with E-state index in [1.54, 1.807) is 17.1 Å². The first-order valence-electron chi connectivity index (χ1n) is 18.4. The fourth-order valence-corrected chi connectivity index (χ4v) is 9.32. The minimum absolute atomic E-state index is 0.0293. The smallest absolute Gasteiger partial charge is 0.313 e. The topological polar surface area (TPSA) is 125 Å². The molecule has 9 atom stereocenters. The largest absolute Gasteiger partial charge is 0.455 e. The lowest BCUT2D eigenvalue weighted by Gasteiger charge is -2.41. The van der Waals surface area contributed by atoms with Gasteiger partial charge in [-0.2, -0.15) is 0 Å². The van der Waals surface area contributed by atoms with Crippen LogP contribution in [-0.2, 0) is 28.7 Å². The van der Waals surface area contributed by atoms with Gasteiger partial charge in [0.15, 0.2) is 0 Å². The van der Waals surface area contributed by atoms with E-state index in [9.17, 15) is 19.5 Å². The maximum Gasteiger partial charge on any atom is 0.313 e. The van der Waals surface area contributed by atoms with Gasteiger partial charge >= 0.3 is 5.97 Å². The summed E-state index contributed by atoms with van der Waals surface area (Å²) in [6.45, 7) is 11.3. The van der Waals surface area contributed by atoms with Crippen LogP contribution in [0, 0.1) is 17.8 Å². The molecule has 10 nitrogen and oxygen atoms in total. The molecule has 2 N–H and O–H groups in total. The standard InChI is InChI=1S/C42H48BrN3O7/c1-5-8-18-34(48)44-24-33(28-15-10-9-11-16-28)52-41(51)35-36-39(49)46(32(25-47)26(4)7-3)38(42(36)23-31(43)37(35)53-42)40(50)45(21-6-2)30-20-19-27-14-12-13-17-29(27)22-30/h5-6,9-17,19-20,22,26,31-33,35-38,47H,1-2,7-8,18,21,23-25H2,3-4H3,(H,44,48)/t26-,31?,32-,33+,35-,36+,37-,38-,42+/m0/s1. The molecular weight excluding hydrogens is 738 g/mol. The van der Waals surface area contributed by atoms with E-state index in [1.807, 2.05) is 86.6 Å². The van der Waals surface area contributed by atoms with Crippen LogP contribution in [0.2, 0.25) is 0 Å². The van der Waals surface area contributed by atoms with E-state index < -0.39 is 53.6 Å². The maximum atomic E-state index is 15.2. The van der Waals surface area contributed by atoms with Gasteiger partial charge in [0, 0.05) is 23.5 Å². The summed E-state index contributed by atoms with van der Waals surface area (Å²) in [4.78, 5) is 59.9. The number of hydrogen-bond donors (Lipinski definition) is 2. The first-order valence-corrected chi connectivity index (χ1v) is 19.3. The Bertz CT molecular complexity index is 1850. The molecule has 3 aromatic rings. The summed E-state index contributed by atoms with van der Waals surface area (Å²) in [5, 5.41) is 15.7. The van der Waals surface area contributed by atoms with Gasteiger partial charge in [-0.15, -0.1) is 13.2 Å². The molecule has 1 unspecified atom stereocenters. The van der Waals surface area contributed by atoms with Crippen LogP contribution in [0.1, 0.15) is 51.2 Å². The minimum atomic E-state index is -1.38. The van der Waals surface area contributed by atoms with E-state index in [1.165, 1.54) is 4.90 Å². The number of benzene rings is 3. The number of nitrogens with one attached hydrogen (secondary N) is 1. The Morgan fingerprint density at radius 1 is 1.09 bits per heavy atom. The molecule has 3 fully saturated rings. The second kappa shape index (κ2) is 16.4. The summed E-state index contributed by atoms with van der Waals surface area (Å²) >= 11 is 3.76. The van der Waals surface area contributed by atoms with Crippen molar-refractivity contribution in [1.82, 2.24) is 10.2 Å². The lowest BCUT2D eigenvalue weighted by atomic mass is 9.70. The Balaban J connectivity index is 1.38. The Morgan fingerprint density at radius 2 is 1.81 bits per heavy atom. The van der Waals surface area contributed by atoms with Gasteiger partial charge in [0.1, 0.15) is 17.7 Å². The van der Waals surface area contributed by atoms with Crippen molar-refractivity contribution in [3.63, 3.8) is 0 Å². The SMILES string of the molecule is C=CCCC(=O)NC[C@@H](OC(=O)[C@@H]1[C@H]2O[C@@]3(CC2Br)[C@H](C(=O)N(CC=C)c2ccc4ccccc4c2)N([C@@H](CO)[C@@H](C)CC)C(=O)[C@@H]13)c1ccccc1. The molecule has 0 radical (unpaired) electrons. The lowest BCUT2D eigenvalue weighted by molar-refractivity contribution is -0.161. The highest BCUT2D eigenvalue weighted by molar-refractivity contribution is 9.09. The molecule has 3 aliphatic rings. The van der Waals surface area contributed by atoms with Crippen LogP contribution in [0.5, 0.6) is 0 Å². The van der Waals surface area contributed by atoms with Crippen LogP contribution >= 0.6 is 15.9 Å². The van der Waals surface area contributed by atoms with E-state index >= 15 is 4.79 Å². The number of halogens is 1. The molecule has 3 aliphatic heterocycles. The number of allylic oxidation sites excluding steroid dienone is 1. The lowest BCUT2D eigenvalue weighted by Crippen LogP contribution is -2.60. The fourth-order valence-electron chi connectivity index (χ4n) is 8.37. The summed E-state index contributed by atoms with van der Waals surface area (Å²) in [6, 6.07) is 20.9. The molecule has 0 aliphatic carbocycles. The van der Waals surface area contributed by atoms with E-state index in [-0.39, 0.29) is 48.7 Å². The van der Waals surface area contributed by atoms with Gasteiger partial charge in [-0.1, -0.05) is 109 Å². The van der Waals surface area contributed by atoms with Crippen molar-refractivity contribution in [1.29, 1.82) is 0 Å². The van der Waals surface area contributed by atoms with Crippen molar-refractivity contribution in [3.05, 3.63) is 104 Å². The van der Waals surface area contributed by atoms with Crippen LogP contribution in [0.25, 0.3) is 10.8 Å². The predicted molar refractivity (Wildman–Crippen MR) is 207 cm³/mol. The van der Waals surface area contributed by atoms with E-state index in [2.05, 4.69) is 34.4 Å². The Labute approximate surface area is 319 Å². The van der Waals surface area contributed by atoms with Crippen LogP contribution in [0.3, 0.4) is 0 Å². The summed E-state index contributed by atoms with van der Waals surface area (Å²) in [5.41, 5.74) is -0.0710. The number of esters is 1. The van der Waals surface area contributed by atoms with Crippen LogP contribution in [-0.4, -0.2) is 82.0 Å². The third-order valence-electron chi connectivity index (χ3n) is 11.2. The first-order chi connectivity index (χ1) is 25.6. The van der Waals surface area contributed by atoms with E-state index in [0.717, 1.165) is 10.8 Å². The second-order valence-corrected chi connectivity index (χ2v) is 15.5. The molecular formula is C42H48BrN3O7. The van der Waals surface area contributed by atoms with Crippen molar-refractivity contribution in [2.45, 2.75) is 74.3 Å². The monoisotopic (exact) mass is 785 g/mol. The van der Waals surface area contributed by atoms with Gasteiger partial charge in [-0.25, -0.2) is 0 Å². The zero-order valence-electron chi connectivity index (χ0n) is 30.2. The fraction of sp³-hybridized carbons (Fsp3) is 0.429. The summed E-state index contributed by atoms with van der Waals surface area (Å²) < 4.78 is 13.0. The van der Waals surface area contributed by atoms with Gasteiger partial charge in [0.2, 0.25) is 11.8 Å². The molecule has 3 saturated heterocycles. The summed E-state index contributed by atoms with van der Waals surface area (Å²) in [7, 11) is 0. The quantitative estimate of drug-likeness (QED) is 0.106. The van der Waals surface area contributed by atoms with Gasteiger partial charge < -0.3 is 29.7 Å². The average molecular weight is 787 g/mol. The number of likely N-dealkylation sites (tertiary alicyclic amines) is 1. The van der Waals surface area contributed by atoms with Crippen LogP contribution in [0.4, 0.5) is 5.69 Å². The zero-order valence-corrected chi connectivity index (χ0v) is 31.8. The van der Waals surface area contributed by atoms with Crippen molar-refractivity contribution in [2.75, 3.05) is 24.6 Å². The number of anilines is 1. The number of alkyl halides is 1. The van der Waals surface area contributed by atoms with Gasteiger partial charge in [0.25, 0.3) is 5.91 Å². The molecule has 2 bridgehead atoms. The number of carbonyl (C=O) groups is 4. The molecule has 0 saturated carbocycles. The second-order valence-electron chi connectivity index (χ2n) is 14.3. The Kier molecular flexibility index (Phi) is 11.9.